The van der Waals surface area contributed by atoms with Gasteiger partial charge in [0.2, 0.25) is 5.91 Å². The Balaban J connectivity index is 1.68. The van der Waals surface area contributed by atoms with Crippen LogP contribution in [-0.4, -0.2) is 13.0 Å². The van der Waals surface area contributed by atoms with E-state index in [9.17, 15) is 4.79 Å². The van der Waals surface area contributed by atoms with Gasteiger partial charge in [0.05, 0.1) is 7.11 Å². The van der Waals surface area contributed by atoms with Crippen LogP contribution in [0.2, 0.25) is 0 Å². The van der Waals surface area contributed by atoms with Crippen molar-refractivity contribution >= 4 is 28.1 Å². The van der Waals surface area contributed by atoms with E-state index in [1.165, 1.54) is 18.4 Å². The Morgan fingerprint density at radius 3 is 2.79 bits per heavy atom. The van der Waals surface area contributed by atoms with E-state index in [1.54, 1.807) is 13.2 Å². The Morgan fingerprint density at radius 2 is 2.00 bits per heavy atom. The normalized spacial score (nSPS) is 14.0. The number of fused-ring (bicyclic) bond motifs is 3. The third-order valence-electron chi connectivity index (χ3n) is 5.71. The van der Waals surface area contributed by atoms with Gasteiger partial charge < -0.3 is 14.5 Å². The van der Waals surface area contributed by atoms with Crippen LogP contribution >= 0.6 is 0 Å². The molecule has 0 spiro atoms. The highest BCUT2D eigenvalue weighted by Gasteiger charge is 2.20. The fraction of sp³-hybridized carbons (Fsp3) is 0.320. The minimum absolute atomic E-state index is 0.139. The first kappa shape index (κ1) is 19.3. The monoisotopic (exact) mass is 389 g/mol. The molecule has 0 saturated carbocycles. The standard InChI is InChI=1S/C25H27NO3/c1-4-17-9-5-7-11-21(17)26-25(27)13-16(2)19-14-20-18-10-6-8-12-22(18)29-24(20)15-23(19)28-3/h5,7,9,11,13-15H,4,6,8,10,12H2,1-3H3,(H,26,27)/b16-13+. The minimum atomic E-state index is -0.139. The van der Waals surface area contributed by atoms with Crippen LogP contribution < -0.4 is 10.1 Å². The zero-order valence-electron chi connectivity index (χ0n) is 17.3. The van der Waals surface area contributed by atoms with Crippen LogP contribution in [-0.2, 0) is 24.1 Å². The van der Waals surface area contributed by atoms with E-state index in [0.717, 1.165) is 64.1 Å². The predicted molar refractivity (Wildman–Crippen MR) is 118 cm³/mol. The van der Waals surface area contributed by atoms with Crippen molar-refractivity contribution in [1.82, 2.24) is 0 Å². The molecule has 0 fully saturated rings. The Kier molecular flexibility index (Phi) is 5.43. The Morgan fingerprint density at radius 1 is 1.21 bits per heavy atom. The first-order valence-corrected chi connectivity index (χ1v) is 10.3. The molecule has 4 nitrogen and oxygen atoms in total. The molecule has 1 amide bonds. The number of methoxy groups -OCH3 is 1. The minimum Gasteiger partial charge on any atom is -0.496 e. The molecule has 4 rings (SSSR count). The average Bonchev–Trinajstić information content (AvgIpc) is 3.10. The lowest BCUT2D eigenvalue weighted by Gasteiger charge is -2.12. The predicted octanol–water partition coefficient (Wildman–Crippen LogP) is 5.92. The maximum absolute atomic E-state index is 12.7. The Bertz CT molecular complexity index is 1090. The molecule has 150 valence electrons. The van der Waals surface area contributed by atoms with Crippen LogP contribution in [0.5, 0.6) is 5.75 Å². The molecule has 2 aromatic carbocycles. The van der Waals surface area contributed by atoms with Gasteiger partial charge in [-0.3, -0.25) is 4.79 Å². The van der Waals surface area contributed by atoms with Gasteiger partial charge >= 0.3 is 0 Å². The Labute approximate surface area is 171 Å². The van der Waals surface area contributed by atoms with Crippen molar-refractivity contribution in [1.29, 1.82) is 0 Å². The SMILES string of the molecule is CCc1ccccc1NC(=O)/C=C(\C)c1cc2c3c(oc2cc1OC)CCCC3. The molecule has 1 aromatic heterocycles. The lowest BCUT2D eigenvalue weighted by molar-refractivity contribution is -0.111. The molecule has 4 heteroatoms. The van der Waals surface area contributed by atoms with Crippen LogP contribution in [0.1, 0.15) is 49.1 Å². The molecule has 0 bridgehead atoms. The number of allylic oxidation sites excluding steroid dienone is 1. The van der Waals surface area contributed by atoms with Crippen molar-refractivity contribution in [3.8, 4) is 5.75 Å². The largest absolute Gasteiger partial charge is 0.496 e. The summed E-state index contributed by atoms with van der Waals surface area (Å²) in [5.74, 6) is 1.68. The number of rotatable bonds is 5. The lowest BCUT2D eigenvalue weighted by atomic mass is 9.94. The number of carbonyl (C=O) groups is 1. The molecule has 0 aliphatic heterocycles. The molecule has 0 unspecified atom stereocenters. The van der Waals surface area contributed by atoms with Crippen molar-refractivity contribution in [2.75, 3.05) is 12.4 Å². The molecule has 1 aliphatic carbocycles. The summed E-state index contributed by atoms with van der Waals surface area (Å²) in [5.41, 5.74) is 5.94. The number of hydrogen-bond acceptors (Lipinski definition) is 3. The van der Waals surface area contributed by atoms with E-state index in [2.05, 4.69) is 18.3 Å². The molecular formula is C25H27NO3. The molecule has 0 radical (unpaired) electrons. The molecule has 3 aromatic rings. The second-order valence-electron chi connectivity index (χ2n) is 7.59. The number of amides is 1. The van der Waals surface area contributed by atoms with Gasteiger partial charge in [0, 0.05) is 40.8 Å². The number of hydrogen-bond donors (Lipinski definition) is 1. The van der Waals surface area contributed by atoms with Gasteiger partial charge in [-0.2, -0.15) is 0 Å². The number of benzene rings is 2. The lowest BCUT2D eigenvalue weighted by Crippen LogP contribution is -2.10. The van der Waals surface area contributed by atoms with Crippen molar-refractivity contribution in [3.05, 3.63) is 64.9 Å². The first-order chi connectivity index (χ1) is 14.1. The van der Waals surface area contributed by atoms with Crippen LogP contribution in [0, 0.1) is 0 Å². The van der Waals surface area contributed by atoms with Gasteiger partial charge in [0.15, 0.2) is 0 Å². The molecule has 29 heavy (non-hydrogen) atoms. The molecule has 0 atom stereocenters. The highest BCUT2D eigenvalue weighted by molar-refractivity contribution is 6.05. The number of carbonyl (C=O) groups excluding carboxylic acids is 1. The summed E-state index contributed by atoms with van der Waals surface area (Å²) in [6.45, 7) is 4.03. The van der Waals surface area contributed by atoms with E-state index in [4.69, 9.17) is 9.15 Å². The zero-order chi connectivity index (χ0) is 20.4. The molecule has 0 saturated heterocycles. The van der Waals surface area contributed by atoms with Gasteiger partial charge in [-0.05, 0) is 55.9 Å². The number of nitrogens with one attached hydrogen (secondary N) is 1. The summed E-state index contributed by atoms with van der Waals surface area (Å²) in [6, 6.07) is 12.0. The van der Waals surface area contributed by atoms with Crippen LogP contribution in [0.25, 0.3) is 16.5 Å². The van der Waals surface area contributed by atoms with Gasteiger partial charge in [0.25, 0.3) is 0 Å². The number of ether oxygens (including phenoxy) is 1. The van der Waals surface area contributed by atoms with Crippen molar-refractivity contribution in [2.45, 2.75) is 46.0 Å². The molecule has 1 aliphatic rings. The number of anilines is 1. The topological polar surface area (TPSA) is 51.5 Å². The quantitative estimate of drug-likeness (QED) is 0.551. The second-order valence-corrected chi connectivity index (χ2v) is 7.59. The third kappa shape index (κ3) is 3.80. The zero-order valence-corrected chi connectivity index (χ0v) is 17.3. The number of para-hydroxylation sites is 1. The fourth-order valence-electron chi connectivity index (χ4n) is 4.16. The summed E-state index contributed by atoms with van der Waals surface area (Å²) < 4.78 is 11.7. The van der Waals surface area contributed by atoms with Crippen LogP contribution in [0.4, 0.5) is 5.69 Å². The van der Waals surface area contributed by atoms with Crippen LogP contribution in [0.15, 0.2) is 46.9 Å². The highest BCUT2D eigenvalue weighted by atomic mass is 16.5. The summed E-state index contributed by atoms with van der Waals surface area (Å²) in [4.78, 5) is 12.7. The van der Waals surface area contributed by atoms with Crippen molar-refractivity contribution in [3.63, 3.8) is 0 Å². The van der Waals surface area contributed by atoms with E-state index in [-0.39, 0.29) is 5.91 Å². The summed E-state index contributed by atoms with van der Waals surface area (Å²) in [5, 5.41) is 4.15. The fourth-order valence-corrected chi connectivity index (χ4v) is 4.16. The number of furan rings is 1. The van der Waals surface area contributed by atoms with Crippen LogP contribution in [0.3, 0.4) is 0 Å². The summed E-state index contributed by atoms with van der Waals surface area (Å²) in [7, 11) is 1.65. The number of aryl methyl sites for hydroxylation is 3. The van der Waals surface area contributed by atoms with Gasteiger partial charge in [-0.1, -0.05) is 25.1 Å². The van der Waals surface area contributed by atoms with Crippen molar-refractivity contribution < 1.29 is 13.9 Å². The van der Waals surface area contributed by atoms with E-state index >= 15 is 0 Å². The molecule has 1 heterocycles. The van der Waals surface area contributed by atoms with Gasteiger partial charge in [-0.15, -0.1) is 0 Å². The average molecular weight is 389 g/mol. The summed E-state index contributed by atoms with van der Waals surface area (Å²) in [6.07, 6.45) is 6.92. The van der Waals surface area contributed by atoms with Gasteiger partial charge in [-0.25, -0.2) is 0 Å². The maximum atomic E-state index is 12.7. The first-order valence-electron chi connectivity index (χ1n) is 10.3. The van der Waals surface area contributed by atoms with Crippen molar-refractivity contribution in [2.24, 2.45) is 0 Å². The van der Waals surface area contributed by atoms with E-state index in [0.29, 0.717) is 0 Å². The summed E-state index contributed by atoms with van der Waals surface area (Å²) >= 11 is 0. The van der Waals surface area contributed by atoms with Gasteiger partial charge in [0.1, 0.15) is 17.1 Å². The second kappa shape index (κ2) is 8.16. The van der Waals surface area contributed by atoms with E-state index < -0.39 is 0 Å². The molecule has 1 N–H and O–H groups in total. The smallest absolute Gasteiger partial charge is 0.248 e. The molecular weight excluding hydrogens is 362 g/mol. The maximum Gasteiger partial charge on any atom is 0.248 e. The Hall–Kier alpha value is -3.01. The third-order valence-corrected chi connectivity index (χ3v) is 5.71. The van der Waals surface area contributed by atoms with E-state index in [1.807, 2.05) is 37.3 Å². The highest BCUT2D eigenvalue weighted by Crippen LogP contribution is 2.37.